The summed E-state index contributed by atoms with van der Waals surface area (Å²) in [4.78, 5) is 17.3. The molecule has 0 spiro atoms. The van der Waals surface area contributed by atoms with Gasteiger partial charge in [0.05, 0.1) is 11.4 Å². The Bertz CT molecular complexity index is 554. The maximum atomic E-state index is 4.52. The van der Waals surface area contributed by atoms with Crippen LogP contribution in [0.1, 0.15) is 18.5 Å². The average molecular weight is 258 g/mol. The third kappa shape index (κ3) is 2.51. The quantitative estimate of drug-likeness (QED) is 0.623. The summed E-state index contributed by atoms with van der Waals surface area (Å²) in [5.74, 6) is 0.806. The van der Waals surface area contributed by atoms with E-state index in [1.807, 2.05) is 18.5 Å². The van der Waals surface area contributed by atoms with Gasteiger partial charge >= 0.3 is 0 Å². The molecule has 0 bridgehead atoms. The third-order valence-electron chi connectivity index (χ3n) is 3.07. The minimum absolute atomic E-state index is 0.786. The van der Waals surface area contributed by atoms with Crippen molar-refractivity contribution in [1.82, 2.24) is 19.9 Å². The topological polar surface area (TPSA) is 51.6 Å². The Hall–Kier alpha value is -1.49. The second kappa shape index (κ2) is 5.02. The van der Waals surface area contributed by atoms with Crippen LogP contribution in [0.2, 0.25) is 0 Å². The molecular formula is C13H14N4S. The maximum Gasteiger partial charge on any atom is 0.187 e. The zero-order valence-corrected chi connectivity index (χ0v) is 11.0. The van der Waals surface area contributed by atoms with Gasteiger partial charge in [-0.1, -0.05) is 11.8 Å². The first-order valence-corrected chi connectivity index (χ1v) is 7.25. The van der Waals surface area contributed by atoms with Crippen LogP contribution in [0.15, 0.2) is 29.9 Å². The molecule has 5 heteroatoms. The van der Waals surface area contributed by atoms with E-state index >= 15 is 0 Å². The average Bonchev–Trinajstić information content (AvgIpc) is 3.23. The van der Waals surface area contributed by atoms with Crippen LogP contribution in [0.4, 0.5) is 0 Å². The summed E-state index contributed by atoms with van der Waals surface area (Å²) < 4.78 is 0. The Labute approximate surface area is 110 Å². The molecule has 1 saturated carbocycles. The monoisotopic (exact) mass is 258 g/mol. The number of rotatable bonds is 4. The number of hydrogen-bond donors (Lipinski definition) is 0. The summed E-state index contributed by atoms with van der Waals surface area (Å²) in [5, 5.41) is 0.786. The molecule has 2 aromatic heterocycles. The van der Waals surface area contributed by atoms with Crippen molar-refractivity contribution in [3.63, 3.8) is 0 Å². The maximum absolute atomic E-state index is 4.52. The highest BCUT2D eigenvalue weighted by Gasteiger charge is 2.24. The Morgan fingerprint density at radius 1 is 1.33 bits per heavy atom. The molecule has 1 fully saturated rings. The van der Waals surface area contributed by atoms with Crippen LogP contribution in [0.25, 0.3) is 11.3 Å². The third-order valence-corrected chi connectivity index (χ3v) is 3.63. The Morgan fingerprint density at radius 2 is 2.22 bits per heavy atom. The lowest BCUT2D eigenvalue weighted by Crippen LogP contribution is -1.99. The zero-order chi connectivity index (χ0) is 12.4. The molecule has 3 rings (SSSR count). The van der Waals surface area contributed by atoms with Crippen molar-refractivity contribution in [1.29, 1.82) is 0 Å². The molecule has 0 amide bonds. The van der Waals surface area contributed by atoms with E-state index in [9.17, 15) is 0 Å². The van der Waals surface area contributed by atoms with E-state index in [-0.39, 0.29) is 0 Å². The van der Waals surface area contributed by atoms with Crippen molar-refractivity contribution < 1.29 is 0 Å². The zero-order valence-electron chi connectivity index (χ0n) is 10.2. The van der Waals surface area contributed by atoms with E-state index in [0.29, 0.717) is 0 Å². The normalized spacial score (nSPS) is 14.7. The van der Waals surface area contributed by atoms with Crippen LogP contribution in [0.3, 0.4) is 0 Å². The van der Waals surface area contributed by atoms with Gasteiger partial charge in [0.15, 0.2) is 5.16 Å². The summed E-state index contributed by atoms with van der Waals surface area (Å²) in [6.07, 6.45) is 10.9. The lowest BCUT2D eigenvalue weighted by atomic mass is 10.1. The summed E-state index contributed by atoms with van der Waals surface area (Å²) in [6.45, 7) is 0. The number of aromatic nitrogens is 4. The molecule has 0 aromatic carbocycles. The van der Waals surface area contributed by atoms with Gasteiger partial charge in [0.2, 0.25) is 0 Å². The van der Waals surface area contributed by atoms with E-state index in [1.54, 1.807) is 24.3 Å². The summed E-state index contributed by atoms with van der Waals surface area (Å²) in [7, 11) is 0. The van der Waals surface area contributed by atoms with Gasteiger partial charge in [-0.15, -0.1) is 0 Å². The molecule has 2 heterocycles. The van der Waals surface area contributed by atoms with Crippen LogP contribution >= 0.6 is 11.8 Å². The van der Waals surface area contributed by atoms with Gasteiger partial charge in [-0.3, -0.25) is 0 Å². The van der Waals surface area contributed by atoms with Crippen LogP contribution in [0.5, 0.6) is 0 Å². The van der Waals surface area contributed by atoms with Crippen molar-refractivity contribution in [3.8, 4) is 11.3 Å². The molecular weight excluding hydrogens is 244 g/mol. The molecule has 0 saturated heterocycles. The SMILES string of the molecule is CSc1nccc(-c2cncnc2CC2CC2)n1. The summed E-state index contributed by atoms with van der Waals surface area (Å²) in [6, 6.07) is 1.93. The van der Waals surface area contributed by atoms with E-state index in [0.717, 1.165) is 34.4 Å². The number of nitrogens with zero attached hydrogens (tertiary/aromatic N) is 4. The van der Waals surface area contributed by atoms with Crippen LogP contribution in [-0.2, 0) is 6.42 Å². The van der Waals surface area contributed by atoms with Gasteiger partial charge in [0.25, 0.3) is 0 Å². The molecule has 0 N–H and O–H groups in total. The van der Waals surface area contributed by atoms with Crippen molar-refractivity contribution >= 4 is 11.8 Å². The minimum Gasteiger partial charge on any atom is -0.244 e. The van der Waals surface area contributed by atoms with Crippen LogP contribution in [-0.4, -0.2) is 26.2 Å². The van der Waals surface area contributed by atoms with Crippen molar-refractivity contribution in [2.45, 2.75) is 24.4 Å². The molecule has 0 unspecified atom stereocenters. The first-order chi connectivity index (χ1) is 8.86. The van der Waals surface area contributed by atoms with Gasteiger partial charge in [-0.05, 0) is 37.5 Å². The van der Waals surface area contributed by atoms with Gasteiger partial charge in [0.1, 0.15) is 6.33 Å². The standard InChI is InChI=1S/C13H14N4S/c1-18-13-15-5-4-11(17-13)10-7-14-8-16-12(10)6-9-2-3-9/h4-5,7-9H,2-3,6H2,1H3. The van der Waals surface area contributed by atoms with Gasteiger partial charge in [0, 0.05) is 18.0 Å². The highest BCUT2D eigenvalue weighted by Crippen LogP contribution is 2.34. The fraction of sp³-hybridized carbons (Fsp3) is 0.385. The van der Waals surface area contributed by atoms with E-state index < -0.39 is 0 Å². The minimum atomic E-state index is 0.786. The van der Waals surface area contributed by atoms with Crippen molar-refractivity contribution in [2.75, 3.05) is 6.26 Å². The van der Waals surface area contributed by atoms with Crippen molar-refractivity contribution in [3.05, 3.63) is 30.5 Å². The molecule has 1 aliphatic rings. The molecule has 18 heavy (non-hydrogen) atoms. The largest absolute Gasteiger partial charge is 0.244 e. The van der Waals surface area contributed by atoms with Gasteiger partial charge < -0.3 is 0 Å². The smallest absolute Gasteiger partial charge is 0.187 e. The van der Waals surface area contributed by atoms with Crippen molar-refractivity contribution in [2.24, 2.45) is 5.92 Å². The first-order valence-electron chi connectivity index (χ1n) is 6.03. The van der Waals surface area contributed by atoms with Gasteiger partial charge in [-0.25, -0.2) is 19.9 Å². The van der Waals surface area contributed by atoms with Crippen LogP contribution < -0.4 is 0 Å². The fourth-order valence-electron chi connectivity index (χ4n) is 1.92. The molecule has 2 aromatic rings. The molecule has 0 atom stereocenters. The fourth-order valence-corrected chi connectivity index (χ4v) is 2.27. The lowest BCUT2D eigenvalue weighted by molar-refractivity contribution is 0.799. The second-order valence-electron chi connectivity index (χ2n) is 4.46. The summed E-state index contributed by atoms with van der Waals surface area (Å²) >= 11 is 1.55. The number of thioether (sulfide) groups is 1. The summed E-state index contributed by atoms with van der Waals surface area (Å²) in [5.41, 5.74) is 3.07. The number of hydrogen-bond acceptors (Lipinski definition) is 5. The van der Waals surface area contributed by atoms with E-state index in [1.165, 1.54) is 12.8 Å². The van der Waals surface area contributed by atoms with E-state index in [2.05, 4.69) is 19.9 Å². The second-order valence-corrected chi connectivity index (χ2v) is 5.23. The van der Waals surface area contributed by atoms with E-state index in [4.69, 9.17) is 0 Å². The van der Waals surface area contributed by atoms with Crippen LogP contribution in [0, 0.1) is 5.92 Å². The Kier molecular flexibility index (Phi) is 3.23. The Morgan fingerprint density at radius 3 is 3.00 bits per heavy atom. The highest BCUT2D eigenvalue weighted by molar-refractivity contribution is 7.98. The molecule has 0 radical (unpaired) electrons. The van der Waals surface area contributed by atoms with Gasteiger partial charge in [-0.2, -0.15) is 0 Å². The highest BCUT2D eigenvalue weighted by atomic mass is 32.2. The predicted molar refractivity (Wildman–Crippen MR) is 71.3 cm³/mol. The molecule has 4 nitrogen and oxygen atoms in total. The molecule has 0 aliphatic heterocycles. The molecule has 1 aliphatic carbocycles. The molecule has 92 valence electrons. The lowest BCUT2D eigenvalue weighted by Gasteiger charge is -2.07. The Balaban J connectivity index is 1.98. The first kappa shape index (κ1) is 11.6. The predicted octanol–water partition coefficient (Wildman–Crippen LogP) is 2.61.